The molecule has 0 aromatic carbocycles. The Morgan fingerprint density at radius 3 is 3.08 bits per heavy atom. The third-order valence-electron chi connectivity index (χ3n) is 1.13. The minimum absolute atomic E-state index is 0.109. The molecule has 12 heavy (non-hydrogen) atoms. The van der Waals surface area contributed by atoms with Gasteiger partial charge in [-0.05, 0) is 12.1 Å². The number of rotatable bonds is 2. The molecular formula is C8H9N3O. The Hall–Kier alpha value is -1.60. The molecule has 0 aliphatic carbocycles. The van der Waals surface area contributed by atoms with E-state index >= 15 is 0 Å². The Bertz CT molecular complexity index is 275. The molecule has 0 saturated heterocycles. The van der Waals surface area contributed by atoms with E-state index in [1.807, 2.05) is 0 Å². The van der Waals surface area contributed by atoms with Crippen molar-refractivity contribution in [2.45, 2.75) is 0 Å². The Morgan fingerprint density at radius 1 is 1.50 bits per heavy atom. The number of nitrogens with zero attached hydrogens (tertiary/aromatic N) is 2. The van der Waals surface area contributed by atoms with Crippen molar-refractivity contribution in [1.82, 2.24) is 10.2 Å². The van der Waals surface area contributed by atoms with Gasteiger partial charge in [-0.1, -0.05) is 11.8 Å². The van der Waals surface area contributed by atoms with Gasteiger partial charge < -0.3 is 10.4 Å². The first-order valence-corrected chi connectivity index (χ1v) is 3.51. The second-order valence-electron chi connectivity index (χ2n) is 1.97. The smallest absolute Gasteiger partial charge is 0.149 e. The van der Waals surface area contributed by atoms with Crippen LogP contribution in [0.2, 0.25) is 0 Å². The molecule has 0 aliphatic heterocycles. The summed E-state index contributed by atoms with van der Waals surface area (Å²) in [5.41, 5.74) is 0. The van der Waals surface area contributed by atoms with Crippen molar-refractivity contribution in [2.24, 2.45) is 0 Å². The minimum Gasteiger partial charge on any atom is -0.384 e. The maximum atomic E-state index is 8.33. The molecule has 1 heterocycles. The fourth-order valence-corrected chi connectivity index (χ4v) is 0.649. The fourth-order valence-electron chi connectivity index (χ4n) is 0.649. The first kappa shape index (κ1) is 8.50. The summed E-state index contributed by atoms with van der Waals surface area (Å²) >= 11 is 0. The van der Waals surface area contributed by atoms with Gasteiger partial charge in [0.05, 0.1) is 6.54 Å². The van der Waals surface area contributed by atoms with Gasteiger partial charge in [0.15, 0.2) is 0 Å². The number of hydrogen-bond donors (Lipinski definition) is 2. The highest BCUT2D eigenvalue weighted by molar-refractivity contribution is 5.33. The number of aliphatic hydroxyl groups excluding tert-OH is 1. The van der Waals surface area contributed by atoms with Crippen LogP contribution in [-0.4, -0.2) is 28.5 Å². The van der Waals surface area contributed by atoms with Crippen LogP contribution in [0.15, 0.2) is 18.3 Å². The summed E-state index contributed by atoms with van der Waals surface area (Å²) in [6.45, 7) is 0.363. The molecule has 1 aromatic rings. The Balaban J connectivity index is 2.34. The third-order valence-corrected chi connectivity index (χ3v) is 1.13. The van der Waals surface area contributed by atoms with E-state index in [2.05, 4.69) is 27.4 Å². The molecule has 4 nitrogen and oxygen atoms in total. The van der Waals surface area contributed by atoms with E-state index in [1.54, 1.807) is 18.3 Å². The van der Waals surface area contributed by atoms with E-state index in [1.165, 1.54) is 0 Å². The van der Waals surface area contributed by atoms with Crippen LogP contribution < -0.4 is 5.32 Å². The maximum Gasteiger partial charge on any atom is 0.149 e. The monoisotopic (exact) mass is 163 g/mol. The lowest BCUT2D eigenvalue weighted by Crippen LogP contribution is -2.01. The zero-order valence-electron chi connectivity index (χ0n) is 6.49. The number of nitrogens with one attached hydrogen (secondary N) is 1. The van der Waals surface area contributed by atoms with Crippen LogP contribution >= 0.6 is 0 Å². The van der Waals surface area contributed by atoms with E-state index < -0.39 is 0 Å². The van der Waals surface area contributed by atoms with Crippen molar-refractivity contribution in [3.05, 3.63) is 18.3 Å². The largest absolute Gasteiger partial charge is 0.384 e. The second-order valence-corrected chi connectivity index (χ2v) is 1.97. The van der Waals surface area contributed by atoms with Gasteiger partial charge in [-0.15, -0.1) is 5.10 Å². The van der Waals surface area contributed by atoms with Crippen LogP contribution in [0.1, 0.15) is 0 Å². The lowest BCUT2D eigenvalue weighted by molar-refractivity contribution is 0.350. The Morgan fingerprint density at radius 2 is 2.42 bits per heavy atom. The lowest BCUT2D eigenvalue weighted by Gasteiger charge is -1.96. The summed E-state index contributed by atoms with van der Waals surface area (Å²) in [4.78, 5) is 0. The SMILES string of the molecule is OCC#CCNc1cccnn1. The summed E-state index contributed by atoms with van der Waals surface area (Å²) in [6, 6.07) is 3.59. The molecule has 62 valence electrons. The van der Waals surface area contributed by atoms with E-state index in [-0.39, 0.29) is 6.61 Å². The standard InChI is InChI=1S/C8H9N3O/c12-7-2-1-5-9-8-4-3-6-10-11-8/h3-4,6,12H,5,7H2,(H,9,11). The van der Waals surface area contributed by atoms with Gasteiger partial charge in [-0.2, -0.15) is 5.10 Å². The summed E-state index contributed by atoms with van der Waals surface area (Å²) in [6.07, 6.45) is 1.60. The zero-order valence-corrected chi connectivity index (χ0v) is 6.49. The fraction of sp³-hybridized carbons (Fsp3) is 0.250. The van der Waals surface area contributed by atoms with E-state index in [9.17, 15) is 0 Å². The van der Waals surface area contributed by atoms with Crippen molar-refractivity contribution in [3.8, 4) is 11.8 Å². The van der Waals surface area contributed by atoms with Gasteiger partial charge in [-0.25, -0.2) is 0 Å². The Kier molecular flexibility index (Phi) is 3.61. The van der Waals surface area contributed by atoms with Crippen molar-refractivity contribution < 1.29 is 5.11 Å². The average molecular weight is 163 g/mol. The quantitative estimate of drug-likeness (QED) is 0.597. The van der Waals surface area contributed by atoms with Gasteiger partial charge in [-0.3, -0.25) is 0 Å². The zero-order chi connectivity index (χ0) is 8.65. The molecule has 1 aromatic heterocycles. The lowest BCUT2D eigenvalue weighted by atomic mass is 10.5. The molecule has 1 rings (SSSR count). The van der Waals surface area contributed by atoms with Gasteiger partial charge in [0.2, 0.25) is 0 Å². The van der Waals surface area contributed by atoms with Gasteiger partial charge in [0.25, 0.3) is 0 Å². The van der Waals surface area contributed by atoms with E-state index in [0.717, 1.165) is 0 Å². The molecule has 0 saturated carbocycles. The van der Waals surface area contributed by atoms with Crippen molar-refractivity contribution in [2.75, 3.05) is 18.5 Å². The molecule has 0 bridgehead atoms. The van der Waals surface area contributed by atoms with Gasteiger partial charge in [0, 0.05) is 6.20 Å². The highest BCUT2D eigenvalue weighted by atomic mass is 16.2. The second kappa shape index (κ2) is 5.10. The van der Waals surface area contributed by atoms with E-state index in [0.29, 0.717) is 12.4 Å². The predicted molar refractivity (Wildman–Crippen MR) is 45.4 cm³/mol. The molecule has 0 atom stereocenters. The van der Waals surface area contributed by atoms with Crippen molar-refractivity contribution in [3.63, 3.8) is 0 Å². The van der Waals surface area contributed by atoms with E-state index in [4.69, 9.17) is 5.11 Å². The molecule has 0 amide bonds. The summed E-state index contributed by atoms with van der Waals surface area (Å²) in [5, 5.41) is 18.7. The molecular weight excluding hydrogens is 154 g/mol. The first-order chi connectivity index (χ1) is 5.93. The predicted octanol–water partition coefficient (Wildman–Crippen LogP) is -0.116. The van der Waals surface area contributed by atoms with Crippen molar-refractivity contribution >= 4 is 5.82 Å². The highest BCUT2D eigenvalue weighted by Gasteiger charge is 1.86. The minimum atomic E-state index is -0.109. The molecule has 4 heteroatoms. The topological polar surface area (TPSA) is 58.0 Å². The highest BCUT2D eigenvalue weighted by Crippen LogP contribution is 1.95. The average Bonchev–Trinajstić information content (AvgIpc) is 2.14. The first-order valence-electron chi connectivity index (χ1n) is 3.51. The van der Waals surface area contributed by atoms with Gasteiger partial charge >= 0.3 is 0 Å². The number of anilines is 1. The summed E-state index contributed by atoms with van der Waals surface area (Å²) < 4.78 is 0. The van der Waals surface area contributed by atoms with Gasteiger partial charge in [0.1, 0.15) is 12.4 Å². The van der Waals surface area contributed by atoms with Crippen LogP contribution in [0.5, 0.6) is 0 Å². The Labute approximate surface area is 70.6 Å². The molecule has 0 spiro atoms. The van der Waals surface area contributed by atoms with Crippen molar-refractivity contribution in [1.29, 1.82) is 0 Å². The number of hydrogen-bond acceptors (Lipinski definition) is 4. The molecule has 0 aliphatic rings. The number of aromatic nitrogens is 2. The maximum absolute atomic E-state index is 8.33. The molecule has 0 fully saturated rings. The molecule has 2 N–H and O–H groups in total. The molecule has 0 radical (unpaired) electrons. The summed E-state index contributed by atoms with van der Waals surface area (Å²) in [7, 11) is 0. The summed E-state index contributed by atoms with van der Waals surface area (Å²) in [5.74, 6) is 5.90. The third kappa shape index (κ3) is 2.99. The van der Waals surface area contributed by atoms with Crippen LogP contribution in [0.25, 0.3) is 0 Å². The number of aliphatic hydroxyl groups is 1. The van der Waals surface area contributed by atoms with Crippen LogP contribution in [0, 0.1) is 11.8 Å². The van der Waals surface area contributed by atoms with Crippen LogP contribution in [0.3, 0.4) is 0 Å². The molecule has 0 unspecified atom stereocenters. The normalized spacial score (nSPS) is 8.42. The van der Waals surface area contributed by atoms with Crippen LogP contribution in [0.4, 0.5) is 5.82 Å². The van der Waals surface area contributed by atoms with Crippen LogP contribution in [-0.2, 0) is 0 Å².